The Hall–Kier alpha value is -0.610. The molecule has 4 heteroatoms. The maximum atomic E-state index is 11.7. The molecule has 15 heavy (non-hydrogen) atoms. The van der Waals surface area contributed by atoms with E-state index in [2.05, 4.69) is 10.6 Å². The minimum atomic E-state index is -0.715. The first-order chi connectivity index (χ1) is 7.06. The van der Waals surface area contributed by atoms with Crippen LogP contribution in [0.2, 0.25) is 0 Å². The lowest BCUT2D eigenvalue weighted by atomic mass is 9.96. The highest BCUT2D eigenvalue weighted by atomic mass is 16.2. The molecule has 0 aliphatic carbocycles. The van der Waals surface area contributed by atoms with Crippen molar-refractivity contribution in [3.63, 3.8) is 0 Å². The Balaban J connectivity index is 2.27. The van der Waals surface area contributed by atoms with Crippen LogP contribution in [0.25, 0.3) is 0 Å². The zero-order valence-corrected chi connectivity index (χ0v) is 9.81. The lowest BCUT2D eigenvalue weighted by Gasteiger charge is -2.24. The molecule has 0 saturated carbocycles. The second-order valence-electron chi connectivity index (χ2n) is 4.67. The van der Waals surface area contributed by atoms with Gasteiger partial charge in [-0.1, -0.05) is 13.3 Å². The molecule has 1 saturated heterocycles. The maximum absolute atomic E-state index is 11.7. The smallest absolute Gasteiger partial charge is 0.239 e. The summed E-state index contributed by atoms with van der Waals surface area (Å²) < 4.78 is 0. The fourth-order valence-electron chi connectivity index (χ4n) is 1.98. The van der Waals surface area contributed by atoms with Gasteiger partial charge in [-0.2, -0.15) is 0 Å². The number of carbonyl (C=O) groups is 1. The summed E-state index contributed by atoms with van der Waals surface area (Å²) in [5.74, 6) is -0.0296. The number of carbonyl (C=O) groups excluding carboxylic acids is 1. The predicted molar refractivity (Wildman–Crippen MR) is 61.5 cm³/mol. The van der Waals surface area contributed by atoms with Crippen LogP contribution in [0.3, 0.4) is 0 Å². The highest BCUT2D eigenvalue weighted by Crippen LogP contribution is 2.09. The van der Waals surface area contributed by atoms with E-state index in [1.807, 2.05) is 6.92 Å². The normalized spacial score (nSPS) is 24.9. The van der Waals surface area contributed by atoms with Crippen molar-refractivity contribution in [3.05, 3.63) is 0 Å². The quantitative estimate of drug-likeness (QED) is 0.618. The lowest BCUT2D eigenvalue weighted by molar-refractivity contribution is -0.126. The first-order valence-electron chi connectivity index (χ1n) is 5.87. The van der Waals surface area contributed by atoms with Gasteiger partial charge in [0.15, 0.2) is 0 Å². The van der Waals surface area contributed by atoms with E-state index in [-0.39, 0.29) is 5.91 Å². The predicted octanol–water partition coefficient (Wildman–Crippen LogP) is 0.372. The van der Waals surface area contributed by atoms with Gasteiger partial charge in [0.1, 0.15) is 0 Å². The number of hydrogen-bond acceptors (Lipinski definition) is 3. The summed E-state index contributed by atoms with van der Waals surface area (Å²) in [6.07, 6.45) is 4.02. The molecule has 0 bridgehead atoms. The monoisotopic (exact) mass is 213 g/mol. The molecule has 88 valence electrons. The van der Waals surface area contributed by atoms with Gasteiger partial charge in [0.05, 0.1) is 5.54 Å². The molecule has 2 atom stereocenters. The van der Waals surface area contributed by atoms with Gasteiger partial charge in [-0.25, -0.2) is 0 Å². The maximum Gasteiger partial charge on any atom is 0.239 e. The van der Waals surface area contributed by atoms with Crippen molar-refractivity contribution >= 4 is 5.91 Å². The fraction of sp³-hybridized carbons (Fsp3) is 0.909. The van der Waals surface area contributed by atoms with Crippen LogP contribution in [-0.4, -0.2) is 30.6 Å². The number of amides is 1. The summed E-state index contributed by atoms with van der Waals surface area (Å²) in [4.78, 5) is 11.7. The van der Waals surface area contributed by atoms with Crippen LogP contribution >= 0.6 is 0 Å². The molecule has 1 aliphatic rings. The van der Waals surface area contributed by atoms with E-state index in [4.69, 9.17) is 5.73 Å². The summed E-state index contributed by atoms with van der Waals surface area (Å²) in [6.45, 7) is 5.61. The van der Waals surface area contributed by atoms with Crippen LogP contribution in [0.1, 0.15) is 39.5 Å². The second-order valence-corrected chi connectivity index (χ2v) is 4.67. The summed E-state index contributed by atoms with van der Waals surface area (Å²) >= 11 is 0. The van der Waals surface area contributed by atoms with E-state index >= 15 is 0 Å². The molecular weight excluding hydrogens is 190 g/mol. The van der Waals surface area contributed by atoms with Crippen molar-refractivity contribution in [2.24, 2.45) is 5.73 Å². The Morgan fingerprint density at radius 3 is 2.93 bits per heavy atom. The SMILES string of the molecule is CCCC(C)(N)C(=O)NCC1CCCN1. The van der Waals surface area contributed by atoms with Gasteiger partial charge in [-0.15, -0.1) is 0 Å². The Morgan fingerprint density at radius 1 is 1.67 bits per heavy atom. The molecule has 0 aromatic carbocycles. The zero-order chi connectivity index (χ0) is 11.3. The van der Waals surface area contributed by atoms with Crippen molar-refractivity contribution < 1.29 is 4.79 Å². The average molecular weight is 213 g/mol. The topological polar surface area (TPSA) is 67.2 Å². The second kappa shape index (κ2) is 5.47. The molecule has 0 spiro atoms. The Kier molecular flexibility index (Phi) is 4.54. The molecule has 1 heterocycles. The lowest BCUT2D eigenvalue weighted by Crippen LogP contribution is -2.53. The van der Waals surface area contributed by atoms with Crippen LogP contribution in [0.15, 0.2) is 0 Å². The van der Waals surface area contributed by atoms with Crippen LogP contribution in [0.5, 0.6) is 0 Å². The van der Waals surface area contributed by atoms with Crippen LogP contribution in [0, 0.1) is 0 Å². The molecule has 4 nitrogen and oxygen atoms in total. The highest BCUT2D eigenvalue weighted by Gasteiger charge is 2.27. The van der Waals surface area contributed by atoms with E-state index in [1.165, 1.54) is 6.42 Å². The van der Waals surface area contributed by atoms with E-state index in [1.54, 1.807) is 6.92 Å². The van der Waals surface area contributed by atoms with Gasteiger partial charge >= 0.3 is 0 Å². The van der Waals surface area contributed by atoms with E-state index in [0.717, 1.165) is 25.8 Å². The van der Waals surface area contributed by atoms with Crippen LogP contribution in [0.4, 0.5) is 0 Å². The van der Waals surface area contributed by atoms with Crippen LogP contribution < -0.4 is 16.4 Å². The molecular formula is C11H23N3O. The zero-order valence-electron chi connectivity index (χ0n) is 9.81. The summed E-state index contributed by atoms with van der Waals surface area (Å²) in [6, 6.07) is 0.436. The molecule has 0 radical (unpaired) electrons. The first kappa shape index (κ1) is 12.5. The van der Waals surface area contributed by atoms with Gasteiger partial charge in [0.25, 0.3) is 0 Å². The minimum absolute atomic E-state index is 0.0296. The first-order valence-corrected chi connectivity index (χ1v) is 5.87. The van der Waals surface area contributed by atoms with Gasteiger partial charge in [-0.05, 0) is 32.7 Å². The Labute approximate surface area is 92.0 Å². The third-order valence-corrected chi connectivity index (χ3v) is 2.96. The molecule has 0 aromatic heterocycles. The largest absolute Gasteiger partial charge is 0.353 e. The summed E-state index contributed by atoms with van der Waals surface area (Å²) in [5, 5.41) is 6.26. The van der Waals surface area contributed by atoms with Crippen molar-refractivity contribution in [1.29, 1.82) is 0 Å². The average Bonchev–Trinajstić information content (AvgIpc) is 2.66. The molecule has 0 aromatic rings. The number of rotatable bonds is 5. The summed E-state index contributed by atoms with van der Waals surface area (Å²) in [5.41, 5.74) is 5.21. The van der Waals surface area contributed by atoms with Crippen molar-refractivity contribution in [2.45, 2.75) is 51.1 Å². The molecule has 4 N–H and O–H groups in total. The molecule has 1 amide bonds. The van der Waals surface area contributed by atoms with E-state index in [9.17, 15) is 4.79 Å². The van der Waals surface area contributed by atoms with E-state index in [0.29, 0.717) is 12.6 Å². The molecule has 1 aliphatic heterocycles. The van der Waals surface area contributed by atoms with E-state index < -0.39 is 5.54 Å². The highest BCUT2D eigenvalue weighted by molar-refractivity contribution is 5.85. The molecule has 1 fully saturated rings. The van der Waals surface area contributed by atoms with Crippen LogP contribution in [-0.2, 0) is 4.79 Å². The van der Waals surface area contributed by atoms with Crippen molar-refractivity contribution in [2.75, 3.05) is 13.1 Å². The fourth-order valence-corrected chi connectivity index (χ4v) is 1.98. The summed E-state index contributed by atoms with van der Waals surface area (Å²) in [7, 11) is 0. The Morgan fingerprint density at radius 2 is 2.40 bits per heavy atom. The van der Waals surface area contributed by atoms with Crippen molar-refractivity contribution in [1.82, 2.24) is 10.6 Å². The third kappa shape index (κ3) is 3.80. The standard InChI is InChI=1S/C11H23N3O/c1-3-6-11(2,12)10(15)14-8-9-5-4-7-13-9/h9,13H,3-8,12H2,1-2H3,(H,14,15). The Bertz CT molecular complexity index is 210. The molecule has 1 rings (SSSR count). The number of nitrogens with two attached hydrogens (primary N) is 1. The van der Waals surface area contributed by atoms with Gasteiger partial charge in [0.2, 0.25) is 5.91 Å². The number of hydrogen-bond donors (Lipinski definition) is 3. The van der Waals surface area contributed by atoms with Crippen molar-refractivity contribution in [3.8, 4) is 0 Å². The van der Waals surface area contributed by atoms with Gasteiger partial charge < -0.3 is 16.4 Å². The van der Waals surface area contributed by atoms with Gasteiger partial charge in [-0.3, -0.25) is 4.79 Å². The minimum Gasteiger partial charge on any atom is -0.353 e. The van der Waals surface area contributed by atoms with Gasteiger partial charge in [0, 0.05) is 12.6 Å². The number of nitrogens with one attached hydrogen (secondary N) is 2. The molecule has 2 unspecified atom stereocenters. The third-order valence-electron chi connectivity index (χ3n) is 2.96.